The number of rotatable bonds is 4. The van der Waals surface area contributed by atoms with Gasteiger partial charge in [0.15, 0.2) is 0 Å². The van der Waals surface area contributed by atoms with Crippen LogP contribution in [-0.4, -0.2) is 0 Å². The Balaban J connectivity index is 2.06. The third kappa shape index (κ3) is 4.85. The number of hydrogen-bond donors (Lipinski definition) is 2. The molecule has 0 amide bonds. The monoisotopic (exact) mass is 336 g/mol. The van der Waals surface area contributed by atoms with Crippen molar-refractivity contribution in [2.24, 2.45) is 0 Å². The highest BCUT2D eigenvalue weighted by Gasteiger charge is 2.04. The van der Waals surface area contributed by atoms with Crippen LogP contribution in [-0.2, 0) is 0 Å². The zero-order valence-electron chi connectivity index (χ0n) is 11.3. The fourth-order valence-electron chi connectivity index (χ4n) is 1.52. The average molecular weight is 337 g/mol. The first-order chi connectivity index (χ1) is 9.54. The van der Waals surface area contributed by atoms with Crippen molar-refractivity contribution in [3.05, 3.63) is 68.1 Å². The second-order valence-corrected chi connectivity index (χ2v) is 8.11. The van der Waals surface area contributed by atoms with Crippen LogP contribution in [0.2, 0.25) is 0 Å². The van der Waals surface area contributed by atoms with Crippen LogP contribution in [0.1, 0.15) is 11.1 Å². The molecule has 0 unspecified atom stereocenters. The molecule has 104 valence electrons. The first-order valence-corrected chi connectivity index (χ1v) is 8.68. The van der Waals surface area contributed by atoms with Crippen LogP contribution < -0.4 is 0 Å². The summed E-state index contributed by atoms with van der Waals surface area (Å²) in [5.41, 5.74) is 2.53. The van der Waals surface area contributed by atoms with E-state index in [4.69, 9.17) is 0 Å². The molecule has 0 spiro atoms. The molecule has 0 fully saturated rings. The number of hydrogen-bond acceptors (Lipinski definition) is 4. The third-order valence-electron chi connectivity index (χ3n) is 2.65. The molecule has 0 saturated carbocycles. The predicted octanol–water partition coefficient (Wildman–Crippen LogP) is 6.17. The Morgan fingerprint density at radius 1 is 0.650 bits per heavy atom. The van der Waals surface area contributed by atoms with Gasteiger partial charge in [-0.25, -0.2) is 0 Å². The van der Waals surface area contributed by atoms with Gasteiger partial charge in [0.1, 0.15) is 0 Å². The summed E-state index contributed by atoms with van der Waals surface area (Å²) >= 11 is 12.4. The fourth-order valence-corrected chi connectivity index (χ4v) is 3.84. The Labute approximate surface area is 140 Å². The van der Waals surface area contributed by atoms with Gasteiger partial charge in [-0.05, 0) is 38.1 Å². The van der Waals surface area contributed by atoms with Gasteiger partial charge in [-0.15, -0.1) is 25.3 Å². The molecule has 2 aromatic rings. The van der Waals surface area contributed by atoms with Gasteiger partial charge >= 0.3 is 0 Å². The molecule has 0 N–H and O–H groups in total. The predicted molar refractivity (Wildman–Crippen MR) is 99.1 cm³/mol. The van der Waals surface area contributed by atoms with Crippen molar-refractivity contribution in [1.82, 2.24) is 0 Å². The second-order valence-electron chi connectivity index (χ2n) is 4.44. The lowest BCUT2D eigenvalue weighted by molar-refractivity contribution is 1.38. The maximum Gasteiger partial charge on any atom is 0.0621 e. The zero-order chi connectivity index (χ0) is 14.5. The van der Waals surface area contributed by atoms with E-state index in [0.29, 0.717) is 0 Å². The van der Waals surface area contributed by atoms with Crippen molar-refractivity contribution in [1.29, 1.82) is 0 Å². The topological polar surface area (TPSA) is 0 Å². The molecule has 0 radical (unpaired) electrons. The van der Waals surface area contributed by atoms with Gasteiger partial charge in [-0.2, -0.15) is 0 Å². The summed E-state index contributed by atoms with van der Waals surface area (Å²) in [5.74, 6) is 0. The lowest BCUT2D eigenvalue weighted by Crippen LogP contribution is -1.76. The largest absolute Gasteiger partial charge is 0.135 e. The molecule has 0 aliphatic carbocycles. The highest BCUT2D eigenvalue weighted by atomic mass is 32.2. The number of aryl methyl sites for hydroxylation is 2. The van der Waals surface area contributed by atoms with E-state index in [1.807, 2.05) is 0 Å². The van der Waals surface area contributed by atoms with Crippen LogP contribution in [0.4, 0.5) is 0 Å². The highest BCUT2D eigenvalue weighted by molar-refractivity contribution is 8.21. The van der Waals surface area contributed by atoms with E-state index < -0.39 is 0 Å². The Morgan fingerprint density at radius 2 is 0.950 bits per heavy atom. The summed E-state index contributed by atoms with van der Waals surface area (Å²) in [6, 6.07) is 16.8. The minimum Gasteiger partial charge on any atom is -0.135 e. The zero-order valence-corrected chi connectivity index (χ0v) is 14.8. The van der Waals surface area contributed by atoms with Gasteiger partial charge in [0.05, 0.1) is 8.47 Å². The number of thiol groups is 2. The van der Waals surface area contributed by atoms with Crippen LogP contribution in [0.5, 0.6) is 0 Å². The van der Waals surface area contributed by atoms with Crippen molar-refractivity contribution in [3.8, 4) is 0 Å². The number of benzene rings is 2. The molecule has 2 aromatic carbocycles. The van der Waals surface area contributed by atoms with Crippen LogP contribution in [0.15, 0.2) is 66.8 Å². The normalized spacial score (nSPS) is 12.2. The minimum absolute atomic E-state index is 0.919. The molecule has 20 heavy (non-hydrogen) atoms. The maximum atomic E-state index is 4.56. The molecule has 0 aliphatic heterocycles. The maximum absolute atomic E-state index is 4.56. The Kier molecular flexibility index (Phi) is 6.02. The summed E-state index contributed by atoms with van der Waals surface area (Å²) in [7, 11) is 0. The van der Waals surface area contributed by atoms with Crippen LogP contribution in [0.25, 0.3) is 0 Å². The van der Waals surface area contributed by atoms with E-state index in [1.54, 1.807) is 23.5 Å². The quantitative estimate of drug-likeness (QED) is 0.506. The van der Waals surface area contributed by atoms with Gasteiger partial charge in [0, 0.05) is 9.79 Å². The van der Waals surface area contributed by atoms with E-state index in [2.05, 4.69) is 87.6 Å². The van der Waals surface area contributed by atoms with E-state index >= 15 is 0 Å². The van der Waals surface area contributed by atoms with Gasteiger partial charge in [0.2, 0.25) is 0 Å². The van der Waals surface area contributed by atoms with Crippen molar-refractivity contribution >= 4 is 48.8 Å². The molecule has 4 heteroatoms. The molecule has 0 aliphatic rings. The van der Waals surface area contributed by atoms with E-state index in [0.717, 1.165) is 8.47 Å². The standard InChI is InChI=1S/C16H16S4/c1-11-3-7-13(8-4-11)19-15(17)16(18)20-14-9-5-12(2)6-10-14/h3-10,17-18H,1-2H3. The Bertz CT molecular complexity index is 542. The minimum atomic E-state index is 0.919. The number of thioether (sulfide) groups is 2. The first-order valence-electron chi connectivity index (χ1n) is 6.16. The van der Waals surface area contributed by atoms with E-state index in [9.17, 15) is 0 Å². The van der Waals surface area contributed by atoms with Crippen LogP contribution in [0, 0.1) is 13.8 Å². The fraction of sp³-hybridized carbons (Fsp3) is 0.125. The molecule has 0 atom stereocenters. The molecule has 2 rings (SSSR count). The molecular weight excluding hydrogens is 320 g/mol. The molecule has 0 nitrogen and oxygen atoms in total. The summed E-state index contributed by atoms with van der Waals surface area (Å²) in [5, 5.41) is 0. The molecule has 0 heterocycles. The summed E-state index contributed by atoms with van der Waals surface area (Å²) in [6.07, 6.45) is 0. The van der Waals surface area contributed by atoms with E-state index in [1.165, 1.54) is 20.9 Å². The van der Waals surface area contributed by atoms with Crippen LogP contribution >= 0.6 is 48.8 Å². The van der Waals surface area contributed by atoms with Crippen molar-refractivity contribution in [3.63, 3.8) is 0 Å². The van der Waals surface area contributed by atoms with Crippen molar-refractivity contribution in [2.75, 3.05) is 0 Å². The van der Waals surface area contributed by atoms with Gasteiger partial charge in [0.25, 0.3) is 0 Å². The molecular formula is C16H16S4. The molecule has 0 saturated heterocycles. The lowest BCUT2D eigenvalue weighted by atomic mass is 10.2. The SMILES string of the molecule is Cc1ccc(SC(S)=C(S)Sc2ccc(C)cc2)cc1. The molecule has 0 bridgehead atoms. The summed E-state index contributed by atoms with van der Waals surface area (Å²) in [6.45, 7) is 4.17. The third-order valence-corrected chi connectivity index (χ3v) is 6.07. The highest BCUT2D eigenvalue weighted by Crippen LogP contribution is 2.40. The van der Waals surface area contributed by atoms with Crippen molar-refractivity contribution in [2.45, 2.75) is 23.6 Å². The first kappa shape index (κ1) is 16.0. The van der Waals surface area contributed by atoms with Crippen LogP contribution in [0.3, 0.4) is 0 Å². The summed E-state index contributed by atoms with van der Waals surface area (Å²) in [4.78, 5) is 2.35. The summed E-state index contributed by atoms with van der Waals surface area (Å²) < 4.78 is 1.84. The lowest BCUT2D eigenvalue weighted by Gasteiger charge is -2.06. The van der Waals surface area contributed by atoms with Gasteiger partial charge < -0.3 is 0 Å². The second kappa shape index (κ2) is 7.55. The van der Waals surface area contributed by atoms with Gasteiger partial charge in [-0.1, -0.05) is 58.9 Å². The van der Waals surface area contributed by atoms with Crippen molar-refractivity contribution < 1.29 is 0 Å². The van der Waals surface area contributed by atoms with E-state index in [-0.39, 0.29) is 0 Å². The molecule has 0 aromatic heterocycles. The Morgan fingerprint density at radius 3 is 1.25 bits per heavy atom. The Hall–Kier alpha value is -0.420. The van der Waals surface area contributed by atoms with Gasteiger partial charge in [-0.3, -0.25) is 0 Å². The smallest absolute Gasteiger partial charge is 0.0621 e. The average Bonchev–Trinajstić information content (AvgIpc) is 2.44.